The number of hydrogen-bond acceptors (Lipinski definition) is 3. The van der Waals surface area contributed by atoms with Crippen LogP contribution in [-0.2, 0) is 0 Å². The number of methoxy groups -OCH3 is 1. The number of amides is 1. The molecular weight excluding hydrogens is 240 g/mol. The molecule has 0 aliphatic heterocycles. The van der Waals surface area contributed by atoms with E-state index in [-0.39, 0.29) is 5.91 Å². The summed E-state index contributed by atoms with van der Waals surface area (Å²) in [5.41, 5.74) is 6.99. The lowest BCUT2D eigenvalue weighted by Crippen LogP contribution is -2.36. The second-order valence-corrected chi connectivity index (χ2v) is 5.54. The van der Waals surface area contributed by atoms with Gasteiger partial charge in [0.25, 0.3) is 5.91 Å². The molecule has 2 N–H and O–H groups in total. The molecule has 0 bridgehead atoms. The number of carbonyl (C=O) groups excluding carboxylic acids is 1. The van der Waals surface area contributed by atoms with Crippen molar-refractivity contribution in [1.82, 2.24) is 4.90 Å². The molecule has 19 heavy (non-hydrogen) atoms. The van der Waals surface area contributed by atoms with E-state index in [0.29, 0.717) is 29.0 Å². The minimum absolute atomic E-state index is 0.0209. The number of nitrogens with zero attached hydrogens (tertiary/aromatic N) is 1. The summed E-state index contributed by atoms with van der Waals surface area (Å²) in [6, 6.07) is 5.62. The molecule has 0 aromatic heterocycles. The Morgan fingerprint density at radius 3 is 2.68 bits per heavy atom. The molecule has 1 aliphatic rings. The molecule has 1 amide bonds. The summed E-state index contributed by atoms with van der Waals surface area (Å²) >= 11 is 0. The van der Waals surface area contributed by atoms with Crippen molar-refractivity contribution >= 4 is 11.6 Å². The molecule has 0 radical (unpaired) electrons. The average Bonchev–Trinajstić information content (AvgIpc) is 3.20. The molecular formula is C15H22N2O2. The van der Waals surface area contributed by atoms with Gasteiger partial charge in [-0.05, 0) is 37.0 Å². The van der Waals surface area contributed by atoms with Crippen molar-refractivity contribution in [2.45, 2.75) is 32.7 Å². The van der Waals surface area contributed by atoms with Crippen LogP contribution in [0, 0.1) is 5.92 Å². The van der Waals surface area contributed by atoms with E-state index in [4.69, 9.17) is 10.5 Å². The van der Waals surface area contributed by atoms with E-state index in [2.05, 4.69) is 13.8 Å². The smallest absolute Gasteiger partial charge is 0.256 e. The van der Waals surface area contributed by atoms with Gasteiger partial charge in [0.2, 0.25) is 0 Å². The number of carbonyl (C=O) groups is 1. The molecule has 0 heterocycles. The highest BCUT2D eigenvalue weighted by Crippen LogP contribution is 2.31. The third-order valence-electron chi connectivity index (χ3n) is 3.30. The molecule has 0 saturated heterocycles. The van der Waals surface area contributed by atoms with E-state index < -0.39 is 0 Å². The Bertz CT molecular complexity index is 467. The lowest BCUT2D eigenvalue weighted by molar-refractivity contribution is 0.0723. The van der Waals surface area contributed by atoms with E-state index >= 15 is 0 Å². The number of benzene rings is 1. The molecule has 2 rings (SSSR count). The number of nitrogen functional groups attached to an aromatic ring is 1. The molecule has 1 aromatic carbocycles. The highest BCUT2D eigenvalue weighted by Gasteiger charge is 2.34. The van der Waals surface area contributed by atoms with Gasteiger partial charge in [-0.3, -0.25) is 4.79 Å². The predicted molar refractivity (Wildman–Crippen MR) is 76.3 cm³/mol. The van der Waals surface area contributed by atoms with E-state index in [1.807, 2.05) is 4.90 Å². The normalized spacial score (nSPS) is 14.5. The fraction of sp³-hybridized carbons (Fsp3) is 0.533. The van der Waals surface area contributed by atoms with Gasteiger partial charge in [-0.15, -0.1) is 0 Å². The Labute approximate surface area is 114 Å². The first-order valence-corrected chi connectivity index (χ1v) is 6.77. The van der Waals surface area contributed by atoms with Crippen molar-refractivity contribution in [3.8, 4) is 5.75 Å². The van der Waals surface area contributed by atoms with Gasteiger partial charge in [-0.25, -0.2) is 0 Å². The van der Waals surface area contributed by atoms with Crippen LogP contribution in [0.25, 0.3) is 0 Å². The van der Waals surface area contributed by atoms with Crippen molar-refractivity contribution in [2.24, 2.45) is 5.92 Å². The molecule has 0 unspecified atom stereocenters. The van der Waals surface area contributed by atoms with Crippen LogP contribution >= 0.6 is 0 Å². The van der Waals surface area contributed by atoms with Crippen LogP contribution < -0.4 is 10.5 Å². The van der Waals surface area contributed by atoms with E-state index in [0.717, 1.165) is 19.4 Å². The summed E-state index contributed by atoms with van der Waals surface area (Å²) in [7, 11) is 1.59. The Morgan fingerprint density at radius 2 is 2.16 bits per heavy atom. The maximum absolute atomic E-state index is 12.6. The molecule has 1 fully saturated rings. The molecule has 4 heteroatoms. The van der Waals surface area contributed by atoms with Crippen LogP contribution in [0.4, 0.5) is 5.69 Å². The lowest BCUT2D eigenvalue weighted by atomic mass is 10.1. The Hall–Kier alpha value is -1.71. The summed E-state index contributed by atoms with van der Waals surface area (Å²) < 4.78 is 5.17. The van der Waals surface area contributed by atoms with Crippen LogP contribution in [0.3, 0.4) is 0 Å². The summed E-state index contributed by atoms with van der Waals surface area (Å²) in [6.45, 7) is 5.02. The molecule has 1 saturated carbocycles. The van der Waals surface area contributed by atoms with Crippen LogP contribution in [0.15, 0.2) is 18.2 Å². The number of anilines is 1. The Morgan fingerprint density at radius 1 is 1.47 bits per heavy atom. The van der Waals surface area contributed by atoms with Crippen molar-refractivity contribution in [1.29, 1.82) is 0 Å². The summed E-state index contributed by atoms with van der Waals surface area (Å²) in [6.07, 6.45) is 2.20. The van der Waals surface area contributed by atoms with Gasteiger partial charge in [-0.2, -0.15) is 0 Å². The third-order valence-corrected chi connectivity index (χ3v) is 3.30. The van der Waals surface area contributed by atoms with Crippen LogP contribution in [0.1, 0.15) is 37.0 Å². The quantitative estimate of drug-likeness (QED) is 0.830. The van der Waals surface area contributed by atoms with E-state index in [1.54, 1.807) is 25.3 Å². The third kappa shape index (κ3) is 3.19. The summed E-state index contributed by atoms with van der Waals surface area (Å²) in [5, 5.41) is 0. The van der Waals surface area contributed by atoms with Crippen LogP contribution in [0.5, 0.6) is 5.75 Å². The van der Waals surface area contributed by atoms with Crippen LogP contribution in [0.2, 0.25) is 0 Å². The Balaban J connectivity index is 2.25. The van der Waals surface area contributed by atoms with Crippen molar-refractivity contribution in [2.75, 3.05) is 19.4 Å². The predicted octanol–water partition coefficient (Wildman–Crippen LogP) is 2.54. The molecule has 0 atom stereocenters. The SMILES string of the molecule is COc1ccc(N)c(C(=O)N(CC(C)C)C2CC2)c1. The number of hydrogen-bond donors (Lipinski definition) is 1. The molecule has 1 aliphatic carbocycles. The first-order valence-electron chi connectivity index (χ1n) is 6.77. The van der Waals surface area contributed by atoms with E-state index in [1.165, 1.54) is 0 Å². The minimum atomic E-state index is 0.0209. The topological polar surface area (TPSA) is 55.6 Å². The van der Waals surface area contributed by atoms with Crippen molar-refractivity contribution in [3.63, 3.8) is 0 Å². The van der Waals surface area contributed by atoms with Gasteiger partial charge in [0.05, 0.1) is 12.7 Å². The molecule has 104 valence electrons. The minimum Gasteiger partial charge on any atom is -0.497 e. The van der Waals surface area contributed by atoms with Gasteiger partial charge in [0, 0.05) is 18.3 Å². The monoisotopic (exact) mass is 262 g/mol. The molecule has 0 spiro atoms. The average molecular weight is 262 g/mol. The zero-order valence-corrected chi connectivity index (χ0v) is 11.8. The summed E-state index contributed by atoms with van der Waals surface area (Å²) in [5.74, 6) is 1.14. The van der Waals surface area contributed by atoms with Gasteiger partial charge in [0.15, 0.2) is 0 Å². The zero-order valence-electron chi connectivity index (χ0n) is 11.8. The Kier molecular flexibility index (Phi) is 3.98. The maximum Gasteiger partial charge on any atom is 0.256 e. The van der Waals surface area contributed by atoms with Gasteiger partial charge in [-0.1, -0.05) is 13.8 Å². The van der Waals surface area contributed by atoms with Gasteiger partial charge in [0.1, 0.15) is 5.75 Å². The van der Waals surface area contributed by atoms with E-state index in [9.17, 15) is 4.79 Å². The second kappa shape index (κ2) is 5.51. The summed E-state index contributed by atoms with van der Waals surface area (Å²) in [4.78, 5) is 14.6. The number of rotatable bonds is 5. The zero-order chi connectivity index (χ0) is 14.0. The largest absolute Gasteiger partial charge is 0.497 e. The van der Waals surface area contributed by atoms with Gasteiger partial charge >= 0.3 is 0 Å². The van der Waals surface area contributed by atoms with Crippen molar-refractivity contribution < 1.29 is 9.53 Å². The lowest BCUT2D eigenvalue weighted by Gasteiger charge is -2.25. The standard InChI is InChI=1S/C15H22N2O2/c1-10(2)9-17(11-4-5-11)15(18)13-8-12(19-3)6-7-14(13)16/h6-8,10-11H,4-5,9,16H2,1-3H3. The fourth-order valence-electron chi connectivity index (χ4n) is 2.18. The molecule has 4 nitrogen and oxygen atoms in total. The first kappa shape index (κ1) is 13.7. The van der Waals surface area contributed by atoms with Crippen molar-refractivity contribution in [3.05, 3.63) is 23.8 Å². The highest BCUT2D eigenvalue weighted by atomic mass is 16.5. The fourth-order valence-corrected chi connectivity index (χ4v) is 2.18. The highest BCUT2D eigenvalue weighted by molar-refractivity contribution is 5.99. The van der Waals surface area contributed by atoms with Crippen LogP contribution in [-0.4, -0.2) is 30.5 Å². The molecule has 1 aromatic rings. The number of nitrogens with two attached hydrogens (primary N) is 1. The van der Waals surface area contributed by atoms with Gasteiger partial charge < -0.3 is 15.4 Å². The maximum atomic E-state index is 12.6. The second-order valence-electron chi connectivity index (χ2n) is 5.54. The number of ether oxygens (including phenoxy) is 1. The first-order chi connectivity index (χ1) is 9.02.